The number of hydrogen-bond donors (Lipinski definition) is 2. The predicted molar refractivity (Wildman–Crippen MR) is 52.3 cm³/mol. The van der Waals surface area contributed by atoms with Crippen molar-refractivity contribution in [1.82, 2.24) is 20.2 Å². The highest BCUT2D eigenvalue weighted by molar-refractivity contribution is 5.96. The number of nitrogens with two attached hydrogens (primary N) is 1. The average molecular weight is 204 g/mol. The second kappa shape index (κ2) is 3.74. The van der Waals surface area contributed by atoms with Gasteiger partial charge >= 0.3 is 6.03 Å². The highest BCUT2D eigenvalue weighted by Crippen LogP contribution is 2.18. The summed E-state index contributed by atoms with van der Waals surface area (Å²) in [5.41, 5.74) is 5.76. The Kier molecular flexibility index (Phi) is 2.28. The number of carbonyl (C=O) groups is 1. The number of aromatic nitrogens is 4. The van der Waals surface area contributed by atoms with E-state index in [0.717, 1.165) is 0 Å². The van der Waals surface area contributed by atoms with Crippen molar-refractivity contribution in [3.63, 3.8) is 0 Å². The van der Waals surface area contributed by atoms with Crippen LogP contribution in [0.4, 0.5) is 16.4 Å². The molecule has 0 saturated heterocycles. The molecule has 0 fully saturated rings. The predicted octanol–water partition coefficient (Wildman–Crippen LogP) is 0.417. The van der Waals surface area contributed by atoms with Crippen molar-refractivity contribution in [3.8, 4) is 0 Å². The van der Waals surface area contributed by atoms with Gasteiger partial charge in [0.1, 0.15) is 6.33 Å². The molecule has 0 saturated carbocycles. The molecule has 0 unspecified atom stereocenters. The molecule has 0 aliphatic carbocycles. The Morgan fingerprint density at radius 1 is 1.53 bits per heavy atom. The minimum absolute atomic E-state index is 0.260. The lowest BCUT2D eigenvalue weighted by atomic mass is 10.4. The summed E-state index contributed by atoms with van der Waals surface area (Å²) >= 11 is 0. The summed E-state index contributed by atoms with van der Waals surface area (Å²) in [5.74, 6) is 0.260. The zero-order valence-electron chi connectivity index (χ0n) is 7.66. The molecule has 7 nitrogen and oxygen atoms in total. The molecule has 76 valence electrons. The first-order chi connectivity index (χ1) is 7.29. The van der Waals surface area contributed by atoms with Crippen LogP contribution < -0.4 is 10.6 Å². The van der Waals surface area contributed by atoms with E-state index >= 15 is 0 Å². The van der Waals surface area contributed by atoms with E-state index in [4.69, 9.17) is 5.73 Å². The van der Waals surface area contributed by atoms with Gasteiger partial charge in [-0.3, -0.25) is 4.98 Å². The Hall–Kier alpha value is -2.44. The van der Waals surface area contributed by atoms with Crippen molar-refractivity contribution < 1.29 is 4.79 Å². The lowest BCUT2D eigenvalue weighted by molar-refractivity contribution is 0.256. The largest absolute Gasteiger partial charge is 0.351 e. The summed E-state index contributed by atoms with van der Waals surface area (Å²) < 4.78 is 0. The van der Waals surface area contributed by atoms with Crippen molar-refractivity contribution >= 4 is 17.7 Å². The molecule has 15 heavy (non-hydrogen) atoms. The van der Waals surface area contributed by atoms with E-state index < -0.39 is 6.03 Å². The molecular weight excluding hydrogens is 196 g/mol. The molecule has 0 bridgehead atoms. The SMILES string of the molecule is NC(=O)N(c1cccnc1)c1ncn[nH]1. The van der Waals surface area contributed by atoms with Gasteiger partial charge < -0.3 is 5.73 Å². The van der Waals surface area contributed by atoms with Crippen molar-refractivity contribution in [3.05, 3.63) is 30.9 Å². The number of rotatable bonds is 2. The molecule has 3 N–H and O–H groups in total. The number of nitrogens with zero attached hydrogens (tertiary/aromatic N) is 4. The van der Waals surface area contributed by atoms with Gasteiger partial charge in [0.05, 0.1) is 11.9 Å². The van der Waals surface area contributed by atoms with Gasteiger partial charge in [-0.15, -0.1) is 0 Å². The van der Waals surface area contributed by atoms with Gasteiger partial charge in [0.25, 0.3) is 0 Å². The quantitative estimate of drug-likeness (QED) is 0.739. The molecule has 2 amide bonds. The molecular formula is C8H8N6O. The Labute approximate surface area is 85.0 Å². The van der Waals surface area contributed by atoms with Gasteiger partial charge in [0.2, 0.25) is 5.95 Å². The summed E-state index contributed by atoms with van der Waals surface area (Å²) in [5, 5.41) is 6.20. The van der Waals surface area contributed by atoms with Crippen LogP contribution in [-0.2, 0) is 0 Å². The molecule has 0 spiro atoms. The molecule has 0 atom stereocenters. The number of amides is 2. The first kappa shape index (κ1) is 9.13. The molecule has 0 aromatic carbocycles. The number of nitrogens with one attached hydrogen (secondary N) is 1. The zero-order valence-corrected chi connectivity index (χ0v) is 7.66. The van der Waals surface area contributed by atoms with Crippen LogP contribution in [0.3, 0.4) is 0 Å². The standard InChI is InChI=1S/C8H8N6O/c9-7(15)14(8-11-5-12-13-8)6-2-1-3-10-4-6/h1-5H,(H2,9,15)(H,11,12,13). The summed E-state index contributed by atoms with van der Waals surface area (Å²) in [6.07, 6.45) is 4.40. The second-order valence-electron chi connectivity index (χ2n) is 2.69. The highest BCUT2D eigenvalue weighted by atomic mass is 16.2. The van der Waals surface area contributed by atoms with Crippen LogP contribution in [0.15, 0.2) is 30.9 Å². The second-order valence-corrected chi connectivity index (χ2v) is 2.69. The lowest BCUT2D eigenvalue weighted by Gasteiger charge is -2.15. The normalized spacial score (nSPS) is 9.87. The van der Waals surface area contributed by atoms with E-state index in [1.165, 1.54) is 17.4 Å². The lowest BCUT2D eigenvalue weighted by Crippen LogP contribution is -2.32. The van der Waals surface area contributed by atoms with Gasteiger partial charge in [-0.05, 0) is 12.1 Å². The highest BCUT2D eigenvalue weighted by Gasteiger charge is 2.17. The van der Waals surface area contributed by atoms with Gasteiger partial charge in [-0.1, -0.05) is 0 Å². The monoisotopic (exact) mass is 204 g/mol. The number of carbonyl (C=O) groups excluding carboxylic acids is 1. The fraction of sp³-hybridized carbons (Fsp3) is 0. The number of urea groups is 1. The smallest absolute Gasteiger partial charge is 0.326 e. The van der Waals surface area contributed by atoms with Crippen LogP contribution in [-0.4, -0.2) is 26.2 Å². The summed E-state index contributed by atoms with van der Waals surface area (Å²) in [6, 6.07) is 2.74. The van der Waals surface area contributed by atoms with Crippen molar-refractivity contribution in [2.45, 2.75) is 0 Å². The first-order valence-corrected chi connectivity index (χ1v) is 4.14. The molecule has 0 aliphatic heterocycles. The van der Waals surface area contributed by atoms with Crippen LogP contribution in [0.2, 0.25) is 0 Å². The fourth-order valence-corrected chi connectivity index (χ4v) is 1.15. The van der Waals surface area contributed by atoms with E-state index in [0.29, 0.717) is 5.69 Å². The van der Waals surface area contributed by atoms with Crippen LogP contribution in [0.5, 0.6) is 0 Å². The van der Waals surface area contributed by atoms with Crippen molar-refractivity contribution in [2.75, 3.05) is 4.90 Å². The Bertz CT molecular complexity index is 439. The zero-order chi connectivity index (χ0) is 10.7. The maximum atomic E-state index is 11.2. The third kappa shape index (κ3) is 1.75. The van der Waals surface area contributed by atoms with Gasteiger partial charge in [0.15, 0.2) is 0 Å². The minimum Gasteiger partial charge on any atom is -0.351 e. The van der Waals surface area contributed by atoms with E-state index in [1.807, 2.05) is 0 Å². The van der Waals surface area contributed by atoms with Crippen LogP contribution in [0, 0.1) is 0 Å². The molecule has 2 aromatic heterocycles. The minimum atomic E-state index is -0.653. The van der Waals surface area contributed by atoms with Crippen molar-refractivity contribution in [2.24, 2.45) is 5.73 Å². The number of anilines is 2. The third-order valence-electron chi connectivity index (χ3n) is 1.74. The van der Waals surface area contributed by atoms with Crippen molar-refractivity contribution in [1.29, 1.82) is 0 Å². The van der Waals surface area contributed by atoms with Gasteiger partial charge in [0, 0.05) is 6.20 Å². The molecule has 2 rings (SSSR count). The average Bonchev–Trinajstić information content (AvgIpc) is 2.72. The molecule has 7 heteroatoms. The van der Waals surface area contributed by atoms with Gasteiger partial charge in [-0.25, -0.2) is 14.8 Å². The first-order valence-electron chi connectivity index (χ1n) is 4.14. The number of H-pyrrole nitrogens is 1. The Balaban J connectivity index is 2.42. The number of hydrogen-bond acceptors (Lipinski definition) is 4. The van der Waals surface area contributed by atoms with E-state index in [9.17, 15) is 4.79 Å². The summed E-state index contributed by atoms with van der Waals surface area (Å²) in [6.45, 7) is 0. The number of primary amides is 1. The van der Waals surface area contributed by atoms with E-state index in [1.54, 1.807) is 18.3 Å². The molecule has 2 aromatic rings. The third-order valence-corrected chi connectivity index (χ3v) is 1.74. The maximum absolute atomic E-state index is 11.2. The van der Waals surface area contributed by atoms with Crippen LogP contribution in [0.25, 0.3) is 0 Å². The molecule has 0 aliphatic rings. The molecule has 0 radical (unpaired) electrons. The van der Waals surface area contributed by atoms with Crippen LogP contribution in [0.1, 0.15) is 0 Å². The Morgan fingerprint density at radius 3 is 2.93 bits per heavy atom. The number of aromatic amines is 1. The van der Waals surface area contributed by atoms with Gasteiger partial charge in [-0.2, -0.15) is 10.1 Å². The van der Waals surface area contributed by atoms with E-state index in [2.05, 4.69) is 20.2 Å². The summed E-state index contributed by atoms with van der Waals surface area (Å²) in [7, 11) is 0. The molecule has 2 heterocycles. The Morgan fingerprint density at radius 2 is 2.40 bits per heavy atom. The van der Waals surface area contributed by atoms with E-state index in [-0.39, 0.29) is 5.95 Å². The summed E-state index contributed by atoms with van der Waals surface area (Å²) in [4.78, 5) is 20.1. The van der Waals surface area contributed by atoms with Crippen LogP contribution >= 0.6 is 0 Å². The number of pyridine rings is 1. The topological polar surface area (TPSA) is 101 Å². The fourth-order valence-electron chi connectivity index (χ4n) is 1.15. The maximum Gasteiger partial charge on any atom is 0.326 e.